The summed E-state index contributed by atoms with van der Waals surface area (Å²) in [6.07, 6.45) is 1.00. The van der Waals surface area contributed by atoms with Gasteiger partial charge in [0.15, 0.2) is 0 Å². The Morgan fingerprint density at radius 2 is 1.96 bits per heavy atom. The molecule has 0 aliphatic rings. The van der Waals surface area contributed by atoms with E-state index in [4.69, 9.17) is 10.5 Å². The largest absolute Gasteiger partial charge is 0.462 e. The Morgan fingerprint density at radius 3 is 2.48 bits per heavy atom. The zero-order valence-electron chi connectivity index (χ0n) is 16.3. The van der Waals surface area contributed by atoms with Gasteiger partial charge in [-0.15, -0.1) is 11.3 Å². The molecule has 0 fully saturated rings. The maximum absolute atomic E-state index is 12.3. The van der Waals surface area contributed by atoms with Crippen molar-refractivity contribution in [3.63, 3.8) is 0 Å². The molecule has 27 heavy (non-hydrogen) atoms. The summed E-state index contributed by atoms with van der Waals surface area (Å²) < 4.78 is 5.12. The molecule has 0 unspecified atom stereocenters. The molecular formula is C21H27N3O2S. The molecule has 0 amide bonds. The fraction of sp³-hybridized carbons (Fsp3) is 0.429. The number of hydrogen-bond donors (Lipinski definition) is 2. The minimum absolute atomic E-state index is 0.0959. The van der Waals surface area contributed by atoms with Gasteiger partial charge in [0.25, 0.3) is 0 Å². The predicted octanol–water partition coefficient (Wildman–Crippen LogP) is 4.43. The second-order valence-corrected chi connectivity index (χ2v) is 7.73. The lowest BCUT2D eigenvalue weighted by Gasteiger charge is -2.23. The molecule has 1 aromatic heterocycles. The summed E-state index contributed by atoms with van der Waals surface area (Å²) in [4.78, 5) is 12.7. The van der Waals surface area contributed by atoms with Crippen LogP contribution in [0.1, 0.15) is 65.7 Å². The molecule has 144 valence electrons. The van der Waals surface area contributed by atoms with Gasteiger partial charge in [0, 0.05) is 18.2 Å². The number of carbonyl (C=O) groups excluding carboxylic acids is 1. The molecule has 1 heterocycles. The van der Waals surface area contributed by atoms with E-state index in [0.717, 1.165) is 17.8 Å². The van der Waals surface area contributed by atoms with Gasteiger partial charge in [-0.05, 0) is 30.4 Å². The van der Waals surface area contributed by atoms with Crippen LogP contribution in [-0.4, -0.2) is 12.6 Å². The summed E-state index contributed by atoms with van der Waals surface area (Å²) in [5, 5.41) is 13.3. The molecule has 6 heteroatoms. The van der Waals surface area contributed by atoms with Gasteiger partial charge in [-0.25, -0.2) is 4.79 Å². The second-order valence-electron chi connectivity index (χ2n) is 6.68. The molecule has 0 saturated carbocycles. The van der Waals surface area contributed by atoms with Gasteiger partial charge >= 0.3 is 5.97 Å². The highest BCUT2D eigenvalue weighted by atomic mass is 32.1. The number of aryl methyl sites for hydroxylation is 1. The smallest absolute Gasteiger partial charge is 0.348 e. The molecule has 0 saturated heterocycles. The first-order valence-corrected chi connectivity index (χ1v) is 10.0. The third-order valence-electron chi connectivity index (χ3n) is 4.52. The Bertz CT molecular complexity index is 819. The Hall–Kier alpha value is -2.36. The molecular weight excluding hydrogens is 358 g/mol. The van der Waals surface area contributed by atoms with Crippen LogP contribution in [0.2, 0.25) is 0 Å². The quantitative estimate of drug-likeness (QED) is 0.656. The molecule has 0 aliphatic carbocycles. The number of rotatable bonds is 8. The van der Waals surface area contributed by atoms with Gasteiger partial charge in [0.1, 0.15) is 15.9 Å². The van der Waals surface area contributed by atoms with Crippen molar-refractivity contribution in [2.75, 3.05) is 12.3 Å². The second kappa shape index (κ2) is 9.54. The third-order valence-corrected chi connectivity index (χ3v) is 5.56. The maximum atomic E-state index is 12.3. The van der Waals surface area contributed by atoms with E-state index in [1.54, 1.807) is 6.92 Å². The van der Waals surface area contributed by atoms with Gasteiger partial charge in [-0.1, -0.05) is 45.0 Å². The molecule has 3 N–H and O–H groups in total. The summed E-state index contributed by atoms with van der Waals surface area (Å²) in [5.41, 5.74) is 9.41. The first-order chi connectivity index (χ1) is 12.9. The SMILES string of the molecule is CCOC(=O)c1sc(N)c(C#N)c1CN[C@@H](c1ccc(CC)cc1)C(C)C. The Kier molecular flexibility index (Phi) is 7.40. The Balaban J connectivity index is 2.28. The van der Waals surface area contributed by atoms with Gasteiger partial charge in [-0.3, -0.25) is 0 Å². The first kappa shape index (κ1) is 20.9. The summed E-state index contributed by atoms with van der Waals surface area (Å²) in [6.45, 7) is 8.84. The number of nitrogens with two attached hydrogens (primary N) is 1. The van der Waals surface area contributed by atoms with Gasteiger partial charge < -0.3 is 15.8 Å². The molecule has 1 aromatic carbocycles. The summed E-state index contributed by atoms with van der Waals surface area (Å²) >= 11 is 1.12. The van der Waals surface area contributed by atoms with Crippen molar-refractivity contribution in [1.29, 1.82) is 5.26 Å². The lowest BCUT2D eigenvalue weighted by Crippen LogP contribution is -2.26. The van der Waals surface area contributed by atoms with E-state index in [2.05, 4.69) is 56.4 Å². The highest BCUT2D eigenvalue weighted by Gasteiger charge is 2.24. The molecule has 0 aliphatic heterocycles. The number of carbonyl (C=O) groups is 1. The van der Waals surface area contributed by atoms with Crippen LogP contribution in [0.3, 0.4) is 0 Å². The van der Waals surface area contributed by atoms with E-state index in [9.17, 15) is 10.1 Å². The number of nitrogen functional groups attached to an aromatic ring is 1. The monoisotopic (exact) mass is 385 g/mol. The number of esters is 1. The third kappa shape index (κ3) is 4.88. The van der Waals surface area contributed by atoms with Gasteiger partial charge in [0.2, 0.25) is 0 Å². The van der Waals surface area contributed by atoms with E-state index < -0.39 is 5.97 Å². The van der Waals surface area contributed by atoms with E-state index in [-0.39, 0.29) is 12.6 Å². The van der Waals surface area contributed by atoms with Crippen molar-refractivity contribution >= 4 is 22.3 Å². The van der Waals surface area contributed by atoms with Crippen LogP contribution >= 0.6 is 11.3 Å². The van der Waals surface area contributed by atoms with Crippen molar-refractivity contribution in [1.82, 2.24) is 5.32 Å². The molecule has 0 bridgehead atoms. The number of nitrogens with one attached hydrogen (secondary N) is 1. The van der Waals surface area contributed by atoms with E-state index in [1.165, 1.54) is 11.1 Å². The predicted molar refractivity (Wildman–Crippen MR) is 110 cm³/mol. The first-order valence-electron chi connectivity index (χ1n) is 9.23. The average Bonchev–Trinajstić information content (AvgIpc) is 2.98. The van der Waals surface area contributed by atoms with Gasteiger partial charge in [0.05, 0.1) is 12.2 Å². The van der Waals surface area contributed by atoms with Crippen LogP contribution < -0.4 is 11.1 Å². The molecule has 2 aromatic rings. The van der Waals surface area contributed by atoms with Crippen molar-refractivity contribution < 1.29 is 9.53 Å². The average molecular weight is 386 g/mol. The number of hydrogen-bond acceptors (Lipinski definition) is 6. The number of thiophene rings is 1. The van der Waals surface area contributed by atoms with Gasteiger partial charge in [-0.2, -0.15) is 5.26 Å². The highest BCUT2D eigenvalue weighted by molar-refractivity contribution is 7.18. The molecule has 0 spiro atoms. The van der Waals surface area contributed by atoms with Crippen molar-refractivity contribution in [3.8, 4) is 6.07 Å². The summed E-state index contributed by atoms with van der Waals surface area (Å²) in [5.74, 6) is -0.0917. The Labute approximate surface area is 165 Å². The summed E-state index contributed by atoms with van der Waals surface area (Å²) in [6, 6.07) is 10.8. The van der Waals surface area contributed by atoms with Crippen LogP contribution in [0.15, 0.2) is 24.3 Å². The van der Waals surface area contributed by atoms with Crippen molar-refractivity contribution in [3.05, 3.63) is 51.4 Å². The number of nitriles is 1. The standard InChI is InChI=1S/C21H27N3O2S/c1-5-14-7-9-15(10-8-14)18(13(3)4)24-12-17-16(11-22)20(23)27-19(17)21(25)26-6-2/h7-10,13,18,24H,5-6,12,23H2,1-4H3/t18-/m1/s1. The minimum atomic E-state index is -0.430. The summed E-state index contributed by atoms with van der Waals surface area (Å²) in [7, 11) is 0. The number of nitrogens with zero attached hydrogens (tertiary/aromatic N) is 1. The normalized spacial score (nSPS) is 12.0. The van der Waals surface area contributed by atoms with Crippen LogP contribution in [0.5, 0.6) is 0 Å². The number of benzene rings is 1. The van der Waals surface area contributed by atoms with Crippen LogP contribution in [0.4, 0.5) is 5.00 Å². The zero-order chi connectivity index (χ0) is 20.0. The van der Waals surface area contributed by atoms with E-state index in [1.807, 2.05) is 0 Å². The fourth-order valence-electron chi connectivity index (χ4n) is 3.05. The lowest BCUT2D eigenvalue weighted by atomic mass is 9.94. The fourth-order valence-corrected chi connectivity index (χ4v) is 3.98. The van der Waals surface area contributed by atoms with E-state index >= 15 is 0 Å². The van der Waals surface area contributed by atoms with Crippen LogP contribution in [-0.2, 0) is 17.7 Å². The van der Waals surface area contributed by atoms with Crippen molar-refractivity contribution in [2.45, 2.75) is 46.7 Å². The molecule has 5 nitrogen and oxygen atoms in total. The molecule has 2 rings (SSSR count). The number of anilines is 1. The maximum Gasteiger partial charge on any atom is 0.348 e. The van der Waals surface area contributed by atoms with Crippen molar-refractivity contribution in [2.24, 2.45) is 5.92 Å². The zero-order valence-corrected chi connectivity index (χ0v) is 17.2. The van der Waals surface area contributed by atoms with Crippen LogP contribution in [0.25, 0.3) is 0 Å². The Morgan fingerprint density at radius 1 is 1.30 bits per heavy atom. The van der Waals surface area contributed by atoms with E-state index in [0.29, 0.717) is 33.5 Å². The molecule has 0 radical (unpaired) electrons. The molecule has 1 atom stereocenters. The highest BCUT2D eigenvalue weighted by Crippen LogP contribution is 2.32. The lowest BCUT2D eigenvalue weighted by molar-refractivity contribution is 0.0530. The minimum Gasteiger partial charge on any atom is -0.462 e. The van der Waals surface area contributed by atoms with Crippen LogP contribution in [0, 0.1) is 17.2 Å². The number of ether oxygens (including phenoxy) is 1. The topological polar surface area (TPSA) is 88.1 Å².